The van der Waals surface area contributed by atoms with Crippen molar-refractivity contribution >= 4 is 11.3 Å². The lowest BCUT2D eigenvalue weighted by atomic mass is 9.88. The molecule has 4 nitrogen and oxygen atoms in total. The Morgan fingerprint density at radius 2 is 1.96 bits per heavy atom. The molecule has 1 saturated heterocycles. The van der Waals surface area contributed by atoms with E-state index >= 15 is 0 Å². The van der Waals surface area contributed by atoms with E-state index in [0.717, 1.165) is 43.4 Å². The van der Waals surface area contributed by atoms with Gasteiger partial charge in [0.15, 0.2) is 0 Å². The molecule has 1 aromatic heterocycles. The summed E-state index contributed by atoms with van der Waals surface area (Å²) in [7, 11) is 0. The van der Waals surface area contributed by atoms with Gasteiger partial charge in [-0.25, -0.2) is 0 Å². The average molecular weight is 405 g/mol. The highest BCUT2D eigenvalue weighted by atomic mass is 32.1. The lowest BCUT2D eigenvalue weighted by molar-refractivity contribution is 0.0404. The van der Waals surface area contributed by atoms with Gasteiger partial charge in [-0.2, -0.15) is 0 Å². The molecule has 1 saturated carbocycles. The fraction of sp³-hybridized carbons (Fsp3) is 0.739. The average Bonchev–Trinajstić information content (AvgIpc) is 3.10. The van der Waals surface area contributed by atoms with E-state index in [2.05, 4.69) is 33.8 Å². The zero-order chi connectivity index (χ0) is 20.0. The SMILES string of the molecule is CC(C)(O)C#Cc1ccc(CN2CCN(CC3CCCCC3)[C@@H](CCO)C2)s1. The Morgan fingerprint density at radius 1 is 1.18 bits per heavy atom. The fourth-order valence-electron chi connectivity index (χ4n) is 4.43. The van der Waals surface area contributed by atoms with E-state index in [0.29, 0.717) is 6.04 Å². The van der Waals surface area contributed by atoms with Crippen molar-refractivity contribution in [2.45, 2.75) is 70.6 Å². The topological polar surface area (TPSA) is 46.9 Å². The van der Waals surface area contributed by atoms with Gasteiger partial charge in [-0.3, -0.25) is 9.80 Å². The monoisotopic (exact) mass is 404 g/mol. The molecule has 5 heteroatoms. The second-order valence-corrected chi connectivity index (χ2v) is 10.1. The molecule has 0 spiro atoms. The number of hydrogen-bond donors (Lipinski definition) is 2. The van der Waals surface area contributed by atoms with Crippen LogP contribution in [0.2, 0.25) is 0 Å². The first kappa shape index (κ1) is 21.8. The lowest BCUT2D eigenvalue weighted by Gasteiger charge is -2.43. The molecule has 0 bridgehead atoms. The molecular weight excluding hydrogens is 368 g/mol. The van der Waals surface area contributed by atoms with Crippen LogP contribution in [-0.4, -0.2) is 64.4 Å². The van der Waals surface area contributed by atoms with Crippen LogP contribution < -0.4 is 0 Å². The van der Waals surface area contributed by atoms with E-state index in [4.69, 9.17) is 0 Å². The van der Waals surface area contributed by atoms with E-state index in [1.807, 2.05) is 0 Å². The molecule has 2 heterocycles. The molecule has 1 aliphatic carbocycles. The van der Waals surface area contributed by atoms with Gasteiger partial charge in [-0.1, -0.05) is 31.1 Å². The van der Waals surface area contributed by atoms with Crippen molar-refractivity contribution in [3.63, 3.8) is 0 Å². The highest BCUT2D eigenvalue weighted by Crippen LogP contribution is 2.27. The number of hydrogen-bond acceptors (Lipinski definition) is 5. The molecule has 0 amide bonds. The highest BCUT2D eigenvalue weighted by molar-refractivity contribution is 7.12. The summed E-state index contributed by atoms with van der Waals surface area (Å²) in [6.45, 7) is 9.11. The number of rotatable bonds is 6. The number of piperazine rings is 1. The minimum Gasteiger partial charge on any atom is -0.396 e. The summed E-state index contributed by atoms with van der Waals surface area (Å²) in [5.74, 6) is 6.83. The van der Waals surface area contributed by atoms with Crippen molar-refractivity contribution in [2.75, 3.05) is 32.8 Å². The van der Waals surface area contributed by atoms with Crippen LogP contribution in [0.3, 0.4) is 0 Å². The van der Waals surface area contributed by atoms with Crippen LogP contribution in [0, 0.1) is 17.8 Å². The molecule has 0 unspecified atom stereocenters. The van der Waals surface area contributed by atoms with Crippen molar-refractivity contribution in [1.29, 1.82) is 0 Å². The molecule has 1 aromatic rings. The summed E-state index contributed by atoms with van der Waals surface area (Å²) in [4.78, 5) is 7.51. The standard InChI is InChI=1S/C23H36N2O2S/c1-23(2,27)12-10-21-8-9-22(28-21)18-24-13-14-25(20(17-24)11-15-26)16-19-6-4-3-5-7-19/h8-9,19-20,26-27H,3-7,11,13-18H2,1-2H3/t20-/m0/s1. The molecule has 2 N–H and O–H groups in total. The summed E-state index contributed by atoms with van der Waals surface area (Å²) in [6, 6.07) is 4.69. The zero-order valence-electron chi connectivity index (χ0n) is 17.5. The molecule has 3 rings (SSSR count). The van der Waals surface area contributed by atoms with Crippen LogP contribution in [-0.2, 0) is 6.54 Å². The maximum atomic E-state index is 9.77. The first-order valence-corrected chi connectivity index (χ1v) is 11.7. The van der Waals surface area contributed by atoms with Crippen molar-refractivity contribution in [2.24, 2.45) is 5.92 Å². The van der Waals surface area contributed by atoms with Gasteiger partial charge in [0.25, 0.3) is 0 Å². The Kier molecular flexibility index (Phi) is 7.96. The Labute approximate surface area is 174 Å². The van der Waals surface area contributed by atoms with Gasteiger partial charge in [0.2, 0.25) is 0 Å². The molecule has 0 aromatic carbocycles. The van der Waals surface area contributed by atoms with E-state index in [-0.39, 0.29) is 6.61 Å². The maximum absolute atomic E-state index is 9.77. The van der Waals surface area contributed by atoms with Crippen molar-refractivity contribution in [1.82, 2.24) is 9.80 Å². The van der Waals surface area contributed by atoms with Gasteiger partial charge < -0.3 is 10.2 Å². The summed E-state index contributed by atoms with van der Waals surface area (Å²) >= 11 is 1.72. The quantitative estimate of drug-likeness (QED) is 0.714. The Hall–Kier alpha value is -0.900. The van der Waals surface area contributed by atoms with Gasteiger partial charge in [-0.15, -0.1) is 11.3 Å². The molecule has 2 fully saturated rings. The predicted molar refractivity (Wildman–Crippen MR) is 116 cm³/mol. The third-order valence-corrected chi connectivity index (χ3v) is 6.89. The van der Waals surface area contributed by atoms with Crippen LogP contribution in [0.1, 0.15) is 62.1 Å². The van der Waals surface area contributed by atoms with Crippen LogP contribution in [0.4, 0.5) is 0 Å². The Morgan fingerprint density at radius 3 is 2.68 bits per heavy atom. The van der Waals surface area contributed by atoms with Gasteiger partial charge in [0.05, 0.1) is 4.88 Å². The molecular formula is C23H36N2O2S. The van der Waals surface area contributed by atoms with Gasteiger partial charge in [-0.05, 0) is 51.2 Å². The third-order valence-electron chi connectivity index (χ3n) is 5.90. The third kappa shape index (κ3) is 6.86. The highest BCUT2D eigenvalue weighted by Gasteiger charge is 2.29. The first-order chi connectivity index (χ1) is 13.4. The van der Waals surface area contributed by atoms with Crippen molar-refractivity contribution < 1.29 is 10.2 Å². The first-order valence-electron chi connectivity index (χ1n) is 10.8. The Balaban J connectivity index is 1.54. The summed E-state index contributed by atoms with van der Waals surface area (Å²) in [5, 5.41) is 19.3. The van der Waals surface area contributed by atoms with Gasteiger partial charge in [0.1, 0.15) is 5.60 Å². The summed E-state index contributed by atoms with van der Waals surface area (Å²) in [5.41, 5.74) is -0.948. The summed E-state index contributed by atoms with van der Waals surface area (Å²) < 4.78 is 0. The normalized spacial score (nSPS) is 22.8. The van der Waals surface area contributed by atoms with Gasteiger partial charge >= 0.3 is 0 Å². The number of aliphatic hydroxyl groups excluding tert-OH is 1. The lowest BCUT2D eigenvalue weighted by Crippen LogP contribution is -2.54. The number of nitrogens with zero attached hydrogens (tertiary/aromatic N) is 2. The molecule has 0 radical (unpaired) electrons. The maximum Gasteiger partial charge on any atom is 0.120 e. The smallest absolute Gasteiger partial charge is 0.120 e. The van der Waals surface area contributed by atoms with Crippen LogP contribution in [0.25, 0.3) is 0 Å². The van der Waals surface area contributed by atoms with E-state index in [1.54, 1.807) is 25.2 Å². The second-order valence-electron chi connectivity index (χ2n) is 8.98. The second kappa shape index (κ2) is 10.2. The minimum absolute atomic E-state index is 0.273. The summed E-state index contributed by atoms with van der Waals surface area (Å²) in [6.07, 6.45) is 7.84. The molecule has 156 valence electrons. The minimum atomic E-state index is -0.948. The number of thiophene rings is 1. The zero-order valence-corrected chi connectivity index (χ0v) is 18.3. The van der Waals surface area contributed by atoms with Crippen LogP contribution in [0.5, 0.6) is 0 Å². The van der Waals surface area contributed by atoms with Gasteiger partial charge in [0, 0.05) is 50.2 Å². The van der Waals surface area contributed by atoms with Crippen molar-refractivity contribution in [3.05, 3.63) is 21.9 Å². The largest absolute Gasteiger partial charge is 0.396 e. The molecule has 1 atom stereocenters. The predicted octanol–water partition coefficient (Wildman–Crippen LogP) is 3.32. The molecule has 2 aliphatic rings. The van der Waals surface area contributed by atoms with E-state index in [9.17, 15) is 10.2 Å². The van der Waals surface area contributed by atoms with E-state index < -0.39 is 5.60 Å². The van der Waals surface area contributed by atoms with Crippen molar-refractivity contribution in [3.8, 4) is 11.8 Å². The fourth-order valence-corrected chi connectivity index (χ4v) is 5.33. The van der Waals surface area contributed by atoms with Crippen LogP contribution in [0.15, 0.2) is 12.1 Å². The van der Waals surface area contributed by atoms with E-state index in [1.165, 1.54) is 43.5 Å². The molecule has 1 aliphatic heterocycles. The Bertz CT molecular complexity index is 664. The number of aliphatic hydroxyl groups is 2. The van der Waals surface area contributed by atoms with Crippen LogP contribution >= 0.6 is 11.3 Å². The molecule has 28 heavy (non-hydrogen) atoms.